The maximum atomic E-state index is 5.25. The lowest BCUT2D eigenvalue weighted by Gasteiger charge is -1.98. The van der Waals surface area contributed by atoms with Crippen LogP contribution < -0.4 is 0 Å². The van der Waals surface area contributed by atoms with E-state index in [4.69, 9.17) is 4.42 Å². The van der Waals surface area contributed by atoms with Gasteiger partial charge in [0.25, 0.3) is 0 Å². The van der Waals surface area contributed by atoms with Crippen molar-refractivity contribution in [2.75, 3.05) is 0 Å². The molecule has 6 rings (SSSR count). The summed E-state index contributed by atoms with van der Waals surface area (Å²) in [7, 11) is 1.90. The van der Waals surface area contributed by atoms with E-state index < -0.39 is 0 Å². The predicted octanol–water partition coefficient (Wildman–Crippen LogP) is 4.16. The monoisotopic (exact) mass is 381 g/mol. The molecule has 0 aromatic carbocycles. The van der Waals surface area contributed by atoms with Crippen LogP contribution in [-0.4, -0.2) is 34.9 Å². The molecular weight excluding hydrogens is 366 g/mol. The van der Waals surface area contributed by atoms with Crippen molar-refractivity contribution in [2.24, 2.45) is 7.05 Å². The largest absolute Gasteiger partial charge is 0.472 e. The third-order valence-electron chi connectivity index (χ3n) is 5.08. The lowest BCUT2D eigenvalue weighted by atomic mass is 10.1. The van der Waals surface area contributed by atoms with Gasteiger partial charge in [0.05, 0.1) is 30.1 Å². The average molecular weight is 381 g/mol. The minimum atomic E-state index is 0.661. The van der Waals surface area contributed by atoms with E-state index in [9.17, 15) is 0 Å². The van der Waals surface area contributed by atoms with Gasteiger partial charge >= 0.3 is 0 Å². The van der Waals surface area contributed by atoms with Crippen molar-refractivity contribution in [3.63, 3.8) is 0 Å². The fourth-order valence-corrected chi connectivity index (χ4v) is 3.66. The Morgan fingerprint density at radius 2 is 1.97 bits per heavy atom. The van der Waals surface area contributed by atoms with Crippen molar-refractivity contribution in [1.29, 1.82) is 0 Å². The molecule has 0 saturated heterocycles. The summed E-state index contributed by atoms with van der Waals surface area (Å²) < 4.78 is 7.02. The molecule has 0 amide bonds. The van der Waals surface area contributed by atoms with E-state index >= 15 is 0 Å². The van der Waals surface area contributed by atoms with E-state index in [2.05, 4.69) is 42.4 Å². The van der Waals surface area contributed by atoms with E-state index in [0.717, 1.165) is 50.1 Å². The first-order valence-corrected chi connectivity index (χ1v) is 9.10. The van der Waals surface area contributed by atoms with Crippen LogP contribution in [0.3, 0.4) is 0 Å². The Hall–Kier alpha value is -4.20. The smallest absolute Gasteiger partial charge is 0.181 e. The summed E-state index contributed by atoms with van der Waals surface area (Å²) in [6.07, 6.45) is 10.8. The van der Waals surface area contributed by atoms with Gasteiger partial charge in [-0.15, -0.1) is 0 Å². The molecule has 0 aliphatic heterocycles. The Balaban J connectivity index is 1.53. The molecule has 0 fully saturated rings. The Labute approximate surface area is 164 Å². The van der Waals surface area contributed by atoms with E-state index in [-0.39, 0.29) is 0 Å². The molecule has 0 spiro atoms. The van der Waals surface area contributed by atoms with E-state index in [1.54, 1.807) is 23.4 Å². The molecule has 0 saturated carbocycles. The molecule has 6 aromatic rings. The molecule has 6 heterocycles. The first-order chi connectivity index (χ1) is 14.3. The number of fused-ring (bicyclic) bond motifs is 2. The molecule has 0 radical (unpaired) electrons. The third kappa shape index (κ3) is 2.46. The number of aromatic amines is 2. The summed E-state index contributed by atoms with van der Waals surface area (Å²) >= 11 is 0. The molecule has 0 aliphatic carbocycles. The standard InChI is InChI=1S/C21H15N7O/c1-28-10-14(9-24-28)13-6-17-19(26-27-21(17)23-8-13)18-7-16-15(12-3-5-29-11-12)2-4-22-20(16)25-18/h2-11H,1H3,(H,22,25)(H,23,26,27). The topological polar surface area (TPSA) is 101 Å². The first kappa shape index (κ1) is 15.8. The van der Waals surface area contributed by atoms with Gasteiger partial charge in [-0.2, -0.15) is 10.2 Å². The van der Waals surface area contributed by atoms with Crippen molar-refractivity contribution in [3.8, 4) is 33.6 Å². The molecule has 0 atom stereocenters. The number of nitrogens with zero attached hydrogens (tertiary/aromatic N) is 5. The number of H-pyrrole nitrogens is 2. The molecular formula is C21H15N7O. The lowest BCUT2D eigenvalue weighted by Crippen LogP contribution is -1.84. The number of furan rings is 1. The van der Waals surface area contributed by atoms with Crippen LogP contribution in [-0.2, 0) is 7.05 Å². The molecule has 0 bridgehead atoms. The summed E-state index contributed by atoms with van der Waals surface area (Å²) in [6, 6.07) is 8.08. The fraction of sp³-hybridized carbons (Fsp3) is 0.0476. The number of hydrogen-bond donors (Lipinski definition) is 2. The van der Waals surface area contributed by atoms with Gasteiger partial charge in [0, 0.05) is 53.1 Å². The Morgan fingerprint density at radius 3 is 2.79 bits per heavy atom. The molecule has 0 aliphatic rings. The molecule has 8 nitrogen and oxygen atoms in total. The van der Waals surface area contributed by atoms with E-state index in [1.165, 1.54) is 0 Å². The first-order valence-electron chi connectivity index (χ1n) is 9.10. The zero-order valence-corrected chi connectivity index (χ0v) is 15.4. The van der Waals surface area contributed by atoms with Crippen LogP contribution in [0.1, 0.15) is 0 Å². The van der Waals surface area contributed by atoms with Crippen molar-refractivity contribution >= 4 is 22.1 Å². The maximum absolute atomic E-state index is 5.25. The van der Waals surface area contributed by atoms with Crippen LogP contribution in [0.2, 0.25) is 0 Å². The Bertz CT molecular complexity index is 1470. The van der Waals surface area contributed by atoms with Crippen LogP contribution in [0.4, 0.5) is 0 Å². The highest BCUT2D eigenvalue weighted by molar-refractivity contribution is 5.99. The Kier molecular flexibility index (Phi) is 3.22. The summed E-state index contributed by atoms with van der Waals surface area (Å²) in [5.74, 6) is 0. The summed E-state index contributed by atoms with van der Waals surface area (Å²) in [5, 5.41) is 13.7. The van der Waals surface area contributed by atoms with Gasteiger partial charge in [0.15, 0.2) is 5.65 Å². The highest BCUT2D eigenvalue weighted by Gasteiger charge is 2.15. The number of aromatic nitrogens is 7. The number of rotatable bonds is 3. The molecule has 29 heavy (non-hydrogen) atoms. The second-order valence-electron chi connectivity index (χ2n) is 6.91. The van der Waals surface area contributed by atoms with Crippen LogP contribution in [0, 0.1) is 0 Å². The van der Waals surface area contributed by atoms with Gasteiger partial charge < -0.3 is 9.40 Å². The number of nitrogens with one attached hydrogen (secondary N) is 2. The van der Waals surface area contributed by atoms with Gasteiger partial charge in [0.2, 0.25) is 0 Å². The lowest BCUT2D eigenvalue weighted by molar-refractivity contribution is 0.568. The van der Waals surface area contributed by atoms with E-state index in [0.29, 0.717) is 5.65 Å². The van der Waals surface area contributed by atoms with Gasteiger partial charge in [-0.05, 0) is 29.8 Å². The average Bonchev–Trinajstić information content (AvgIpc) is 3.51. The zero-order chi connectivity index (χ0) is 19.4. The third-order valence-corrected chi connectivity index (χ3v) is 5.08. The SMILES string of the molecule is Cn1cc(-c2cnc3n[nH]c(-c4cc5c(-c6ccoc6)ccnc5[nH]4)c3c2)cn1. The predicted molar refractivity (Wildman–Crippen MR) is 109 cm³/mol. The number of pyridine rings is 2. The highest BCUT2D eigenvalue weighted by Crippen LogP contribution is 2.34. The van der Waals surface area contributed by atoms with Crippen LogP contribution in [0.5, 0.6) is 0 Å². The normalized spacial score (nSPS) is 11.6. The Morgan fingerprint density at radius 1 is 1.00 bits per heavy atom. The minimum Gasteiger partial charge on any atom is -0.472 e. The minimum absolute atomic E-state index is 0.661. The quantitative estimate of drug-likeness (QED) is 0.479. The number of aryl methyl sites for hydroxylation is 1. The second-order valence-corrected chi connectivity index (χ2v) is 6.91. The summed E-state index contributed by atoms with van der Waals surface area (Å²) in [4.78, 5) is 12.4. The van der Waals surface area contributed by atoms with Gasteiger partial charge in [-0.25, -0.2) is 9.97 Å². The van der Waals surface area contributed by atoms with Crippen molar-refractivity contribution in [3.05, 3.63) is 61.6 Å². The van der Waals surface area contributed by atoms with Crippen LogP contribution >= 0.6 is 0 Å². The molecule has 8 heteroatoms. The summed E-state index contributed by atoms with van der Waals surface area (Å²) in [6.45, 7) is 0. The van der Waals surface area contributed by atoms with E-state index in [1.807, 2.05) is 37.8 Å². The molecule has 6 aromatic heterocycles. The molecule has 0 unspecified atom stereocenters. The van der Waals surface area contributed by atoms with Crippen molar-refractivity contribution < 1.29 is 4.42 Å². The molecule has 140 valence electrons. The maximum Gasteiger partial charge on any atom is 0.181 e. The van der Waals surface area contributed by atoms with Crippen molar-refractivity contribution in [2.45, 2.75) is 0 Å². The van der Waals surface area contributed by atoms with Gasteiger partial charge in [0.1, 0.15) is 5.65 Å². The number of hydrogen-bond acceptors (Lipinski definition) is 5. The highest BCUT2D eigenvalue weighted by atomic mass is 16.3. The van der Waals surface area contributed by atoms with Crippen LogP contribution in [0.15, 0.2) is 66.0 Å². The van der Waals surface area contributed by atoms with Crippen LogP contribution in [0.25, 0.3) is 55.7 Å². The zero-order valence-electron chi connectivity index (χ0n) is 15.4. The fourth-order valence-electron chi connectivity index (χ4n) is 3.66. The van der Waals surface area contributed by atoms with Gasteiger partial charge in [-0.3, -0.25) is 9.78 Å². The van der Waals surface area contributed by atoms with Gasteiger partial charge in [-0.1, -0.05) is 0 Å². The van der Waals surface area contributed by atoms with Crippen molar-refractivity contribution in [1.82, 2.24) is 34.9 Å². The second kappa shape index (κ2) is 5.90. The molecule has 2 N–H and O–H groups in total. The summed E-state index contributed by atoms with van der Waals surface area (Å²) in [5.41, 5.74) is 7.30.